The average molecular weight is 494 g/mol. The molecule has 2 N–H and O–H groups in total. The van der Waals surface area contributed by atoms with Crippen molar-refractivity contribution in [2.45, 2.75) is 42.1 Å². The second-order valence-electron chi connectivity index (χ2n) is 6.86. The molecule has 0 unspecified atom stereocenters. The fraction of sp³-hybridized carbons (Fsp3) is 0.471. The topological polar surface area (TPSA) is 93.3 Å². The van der Waals surface area contributed by atoms with Gasteiger partial charge in [-0.05, 0) is 18.4 Å². The number of pyridine rings is 1. The van der Waals surface area contributed by atoms with Crippen LogP contribution in [0.1, 0.15) is 27.5 Å². The van der Waals surface area contributed by atoms with Gasteiger partial charge in [-0.3, -0.25) is 4.72 Å². The normalized spacial score (nSPS) is 21.3. The van der Waals surface area contributed by atoms with Gasteiger partial charge in [-0.1, -0.05) is 0 Å². The summed E-state index contributed by atoms with van der Waals surface area (Å²) >= 11 is 0. The zero-order valence-corrected chi connectivity index (χ0v) is 16.7. The standard InChI is InChI=1S/C17H16F7N3O4S/c1-30-14-10(5-9(18)13(26-14)16(19,20)21)27-32(28,29)12-7-25-11-6-15(31-2,17(22,23)24)4-3-8(11)12/h5,7,25,27H,3-4,6H2,1-2H3/t15-/m0/s1/i2D3. The third kappa shape index (κ3) is 4.10. The lowest BCUT2D eigenvalue weighted by Crippen LogP contribution is -2.51. The lowest BCUT2D eigenvalue weighted by atomic mass is 9.83. The van der Waals surface area contributed by atoms with Crippen LogP contribution in [-0.2, 0) is 33.8 Å². The molecule has 15 heteroatoms. The van der Waals surface area contributed by atoms with Crippen molar-refractivity contribution < 1.29 is 52.7 Å². The molecule has 178 valence electrons. The Morgan fingerprint density at radius 1 is 1.28 bits per heavy atom. The fourth-order valence-corrected chi connectivity index (χ4v) is 4.64. The maximum Gasteiger partial charge on any atom is 0.436 e. The zero-order chi connectivity index (χ0) is 26.6. The number of halogens is 7. The van der Waals surface area contributed by atoms with E-state index in [-0.39, 0.29) is 17.3 Å². The summed E-state index contributed by atoms with van der Waals surface area (Å²) in [5, 5.41) is 0. The number of hydrogen-bond acceptors (Lipinski definition) is 5. The Morgan fingerprint density at radius 2 is 1.97 bits per heavy atom. The number of nitrogens with zero attached hydrogens (tertiary/aromatic N) is 1. The highest BCUT2D eigenvalue weighted by Gasteiger charge is 2.57. The van der Waals surface area contributed by atoms with Crippen LogP contribution in [0.5, 0.6) is 5.88 Å². The Bertz CT molecular complexity index is 1230. The molecular weight excluding hydrogens is 475 g/mol. The van der Waals surface area contributed by atoms with Gasteiger partial charge in [0.05, 0.1) is 11.2 Å². The number of sulfonamides is 1. The number of fused-ring (bicyclic) bond motifs is 1. The molecule has 1 atom stereocenters. The second kappa shape index (κ2) is 7.79. The molecule has 2 aromatic rings. The van der Waals surface area contributed by atoms with E-state index in [1.807, 2.05) is 4.72 Å². The van der Waals surface area contributed by atoms with Gasteiger partial charge in [0.1, 0.15) is 10.6 Å². The molecule has 0 aliphatic heterocycles. The minimum Gasteiger partial charge on any atom is -0.479 e. The molecule has 1 aliphatic carbocycles. The highest BCUT2D eigenvalue weighted by molar-refractivity contribution is 7.92. The smallest absolute Gasteiger partial charge is 0.436 e. The highest BCUT2D eigenvalue weighted by atomic mass is 32.2. The summed E-state index contributed by atoms with van der Waals surface area (Å²) in [5.41, 5.74) is -6.27. The van der Waals surface area contributed by atoms with Gasteiger partial charge in [-0.2, -0.15) is 26.3 Å². The van der Waals surface area contributed by atoms with Crippen LogP contribution < -0.4 is 9.46 Å². The highest BCUT2D eigenvalue weighted by Crippen LogP contribution is 2.44. The van der Waals surface area contributed by atoms with Gasteiger partial charge in [0.2, 0.25) is 5.88 Å². The molecule has 0 spiro atoms. The molecule has 0 amide bonds. The van der Waals surface area contributed by atoms with Crippen LogP contribution in [-0.4, -0.2) is 44.3 Å². The second-order valence-corrected chi connectivity index (χ2v) is 8.51. The van der Waals surface area contributed by atoms with Crippen LogP contribution in [0.25, 0.3) is 0 Å². The molecule has 2 aromatic heterocycles. The van der Waals surface area contributed by atoms with E-state index >= 15 is 0 Å². The molecule has 1 aliphatic rings. The molecule has 0 fully saturated rings. The van der Waals surface area contributed by atoms with Crippen molar-refractivity contribution >= 4 is 15.7 Å². The third-order valence-corrected chi connectivity index (χ3v) is 6.36. The Kier molecular flexibility index (Phi) is 4.89. The first kappa shape index (κ1) is 20.1. The van der Waals surface area contributed by atoms with E-state index in [1.54, 1.807) is 0 Å². The number of nitrogens with one attached hydrogen (secondary N) is 2. The number of rotatable bonds is 5. The SMILES string of the molecule is [2H]C([2H])([2H])O[C@@]1(C(F)(F)F)CCc2c(S(=O)(=O)Nc3cc(F)c(C(F)(F)F)nc3OC)c[nH]c2C1. The first-order chi connectivity index (χ1) is 15.8. The number of hydrogen-bond donors (Lipinski definition) is 2. The number of alkyl halides is 6. The van der Waals surface area contributed by atoms with Crippen molar-refractivity contribution in [1.29, 1.82) is 0 Å². The minimum absolute atomic E-state index is 0.133. The summed E-state index contributed by atoms with van der Waals surface area (Å²) < 4.78 is 152. The van der Waals surface area contributed by atoms with Crippen LogP contribution in [0, 0.1) is 5.82 Å². The molecule has 0 saturated carbocycles. The van der Waals surface area contributed by atoms with E-state index in [0.29, 0.717) is 0 Å². The quantitative estimate of drug-likeness (QED) is 0.617. The summed E-state index contributed by atoms with van der Waals surface area (Å²) in [6.45, 7) is 0. The number of methoxy groups -OCH3 is 2. The average Bonchev–Trinajstić information content (AvgIpc) is 3.08. The largest absolute Gasteiger partial charge is 0.479 e. The van der Waals surface area contributed by atoms with E-state index in [1.165, 1.54) is 0 Å². The molecule has 7 nitrogen and oxygen atoms in total. The molecule has 0 radical (unpaired) electrons. The Hall–Kier alpha value is -2.55. The number of aromatic amines is 1. The van der Waals surface area contributed by atoms with Gasteiger partial charge in [0.15, 0.2) is 17.1 Å². The fourth-order valence-electron chi connectivity index (χ4n) is 3.33. The number of H-pyrrole nitrogens is 1. The molecule has 0 aromatic carbocycles. The van der Waals surface area contributed by atoms with Gasteiger partial charge in [-0.15, -0.1) is 0 Å². The van der Waals surface area contributed by atoms with Crippen LogP contribution >= 0.6 is 0 Å². The summed E-state index contributed by atoms with van der Waals surface area (Å²) in [4.78, 5) is 4.71. The number of aromatic nitrogens is 2. The summed E-state index contributed by atoms with van der Waals surface area (Å²) in [5.74, 6) is -2.81. The van der Waals surface area contributed by atoms with Gasteiger partial charge in [0, 0.05) is 31.4 Å². The molecule has 0 bridgehead atoms. The summed E-state index contributed by atoms with van der Waals surface area (Å²) in [6.07, 6.45) is -12.0. The van der Waals surface area contributed by atoms with Gasteiger partial charge in [-0.25, -0.2) is 17.8 Å². The van der Waals surface area contributed by atoms with Gasteiger partial charge >= 0.3 is 12.4 Å². The Balaban J connectivity index is 1.98. The number of ether oxygens (including phenoxy) is 2. The maximum absolute atomic E-state index is 13.9. The van der Waals surface area contributed by atoms with E-state index in [0.717, 1.165) is 13.3 Å². The van der Waals surface area contributed by atoms with Crippen LogP contribution in [0.15, 0.2) is 17.2 Å². The van der Waals surface area contributed by atoms with Crippen molar-refractivity contribution in [3.05, 3.63) is 35.0 Å². The minimum atomic E-state index is -5.20. The lowest BCUT2D eigenvalue weighted by Gasteiger charge is -2.37. The van der Waals surface area contributed by atoms with Crippen LogP contribution in [0.2, 0.25) is 0 Å². The lowest BCUT2D eigenvalue weighted by molar-refractivity contribution is -0.273. The third-order valence-electron chi connectivity index (χ3n) is 4.93. The van der Waals surface area contributed by atoms with Crippen LogP contribution in [0.4, 0.5) is 36.4 Å². The molecule has 3 rings (SSSR count). The Morgan fingerprint density at radius 3 is 2.53 bits per heavy atom. The van der Waals surface area contributed by atoms with Crippen molar-refractivity contribution in [1.82, 2.24) is 9.97 Å². The predicted octanol–water partition coefficient (Wildman–Crippen LogP) is 3.81. The molecular formula is C17H16F7N3O4S. The van der Waals surface area contributed by atoms with Crippen molar-refractivity contribution in [3.63, 3.8) is 0 Å². The Labute approximate surface area is 181 Å². The first-order valence-corrected chi connectivity index (χ1v) is 10.1. The summed E-state index contributed by atoms with van der Waals surface area (Å²) in [6, 6.07) is 0.199. The van der Waals surface area contributed by atoms with Crippen molar-refractivity contribution in [2.75, 3.05) is 18.9 Å². The van der Waals surface area contributed by atoms with E-state index in [4.69, 9.17) is 4.11 Å². The number of anilines is 1. The van der Waals surface area contributed by atoms with E-state index in [2.05, 4.69) is 19.4 Å². The van der Waals surface area contributed by atoms with E-state index in [9.17, 15) is 39.2 Å². The van der Waals surface area contributed by atoms with E-state index < -0.39 is 82.3 Å². The van der Waals surface area contributed by atoms with Crippen LogP contribution in [0.3, 0.4) is 0 Å². The zero-order valence-electron chi connectivity index (χ0n) is 18.9. The molecule has 2 heterocycles. The first-order valence-electron chi connectivity index (χ1n) is 10.1. The van der Waals surface area contributed by atoms with Gasteiger partial charge < -0.3 is 14.5 Å². The predicted molar refractivity (Wildman–Crippen MR) is 95.2 cm³/mol. The van der Waals surface area contributed by atoms with Crippen molar-refractivity contribution in [2.24, 2.45) is 0 Å². The summed E-state index contributed by atoms with van der Waals surface area (Å²) in [7, 11) is -7.24. The molecule has 0 saturated heterocycles. The maximum atomic E-state index is 13.9. The molecule has 32 heavy (non-hydrogen) atoms. The monoisotopic (exact) mass is 494 g/mol. The van der Waals surface area contributed by atoms with Gasteiger partial charge in [0.25, 0.3) is 10.0 Å². The van der Waals surface area contributed by atoms with Crippen molar-refractivity contribution in [3.8, 4) is 5.88 Å².